The van der Waals surface area contributed by atoms with Gasteiger partial charge in [0, 0.05) is 6.07 Å². The number of halogens is 4. The normalized spacial score (nSPS) is 14.4. The minimum absolute atomic E-state index is 0.0998. The standard InChI is InChI=1S/C12H14F4O2/c1-3-6(2)9(17)5-18-12-10(15)7(13)4-8(14)11(12)16/h4,6,9,17H,3,5H2,1-2H3/t6-,9?/m0/s1. The van der Waals surface area contributed by atoms with Gasteiger partial charge in [-0.2, -0.15) is 8.78 Å². The third kappa shape index (κ3) is 3.13. The van der Waals surface area contributed by atoms with Gasteiger partial charge in [0.05, 0.1) is 6.10 Å². The van der Waals surface area contributed by atoms with E-state index in [9.17, 15) is 22.7 Å². The molecule has 1 aromatic rings. The maximum Gasteiger partial charge on any atom is 0.203 e. The Morgan fingerprint density at radius 2 is 1.67 bits per heavy atom. The summed E-state index contributed by atoms with van der Waals surface area (Å²) in [5, 5.41) is 9.54. The van der Waals surface area contributed by atoms with E-state index in [0.29, 0.717) is 6.42 Å². The highest BCUT2D eigenvalue weighted by Gasteiger charge is 2.22. The lowest BCUT2D eigenvalue weighted by Gasteiger charge is -2.18. The molecule has 1 rings (SSSR count). The number of benzene rings is 1. The number of aliphatic hydroxyl groups is 1. The molecule has 0 aliphatic heterocycles. The Bertz CT molecular complexity index is 397. The number of ether oxygens (including phenoxy) is 1. The van der Waals surface area contributed by atoms with Gasteiger partial charge in [0.1, 0.15) is 6.61 Å². The van der Waals surface area contributed by atoms with Crippen molar-refractivity contribution < 1.29 is 27.4 Å². The zero-order valence-electron chi connectivity index (χ0n) is 10.0. The van der Waals surface area contributed by atoms with Gasteiger partial charge in [0.15, 0.2) is 17.4 Å². The number of aliphatic hydroxyl groups excluding tert-OH is 1. The zero-order chi connectivity index (χ0) is 13.9. The Labute approximate surface area is 102 Å². The molecule has 0 saturated carbocycles. The molecule has 0 fully saturated rings. The first-order valence-electron chi connectivity index (χ1n) is 5.52. The van der Waals surface area contributed by atoms with Crippen molar-refractivity contribution in [1.82, 2.24) is 0 Å². The average molecular weight is 266 g/mol. The van der Waals surface area contributed by atoms with Crippen LogP contribution in [0.5, 0.6) is 5.75 Å². The second-order valence-electron chi connectivity index (χ2n) is 4.06. The smallest absolute Gasteiger partial charge is 0.203 e. The molecule has 2 nitrogen and oxygen atoms in total. The molecule has 0 spiro atoms. The SMILES string of the molecule is CC[C@H](C)C(O)COc1c(F)c(F)cc(F)c1F. The lowest BCUT2D eigenvalue weighted by molar-refractivity contribution is 0.0582. The lowest BCUT2D eigenvalue weighted by Crippen LogP contribution is -2.25. The van der Waals surface area contributed by atoms with Crippen molar-refractivity contribution in [2.45, 2.75) is 26.4 Å². The first kappa shape index (κ1) is 14.8. The van der Waals surface area contributed by atoms with E-state index < -0.39 is 41.7 Å². The van der Waals surface area contributed by atoms with Crippen LogP contribution in [0.1, 0.15) is 20.3 Å². The van der Waals surface area contributed by atoms with Gasteiger partial charge < -0.3 is 9.84 Å². The Morgan fingerprint density at radius 3 is 2.11 bits per heavy atom. The van der Waals surface area contributed by atoms with E-state index in [2.05, 4.69) is 4.74 Å². The summed E-state index contributed by atoms with van der Waals surface area (Å²) < 4.78 is 56.7. The summed E-state index contributed by atoms with van der Waals surface area (Å²) >= 11 is 0. The van der Waals surface area contributed by atoms with Crippen molar-refractivity contribution in [3.63, 3.8) is 0 Å². The van der Waals surface area contributed by atoms with Crippen molar-refractivity contribution in [3.05, 3.63) is 29.3 Å². The largest absolute Gasteiger partial charge is 0.485 e. The zero-order valence-corrected chi connectivity index (χ0v) is 10.0. The molecule has 0 saturated heterocycles. The summed E-state index contributed by atoms with van der Waals surface area (Å²) in [7, 11) is 0. The Morgan fingerprint density at radius 1 is 1.17 bits per heavy atom. The van der Waals surface area contributed by atoms with Gasteiger partial charge in [0.2, 0.25) is 11.6 Å². The van der Waals surface area contributed by atoms with Gasteiger partial charge in [-0.15, -0.1) is 0 Å². The van der Waals surface area contributed by atoms with Crippen LogP contribution in [0.4, 0.5) is 17.6 Å². The molecule has 0 aromatic heterocycles. The molecule has 0 radical (unpaired) electrons. The molecule has 0 heterocycles. The van der Waals surface area contributed by atoms with Crippen molar-refractivity contribution >= 4 is 0 Å². The van der Waals surface area contributed by atoms with Crippen LogP contribution in [0, 0.1) is 29.2 Å². The number of hydrogen-bond acceptors (Lipinski definition) is 2. The van der Waals surface area contributed by atoms with Crippen LogP contribution in [-0.2, 0) is 0 Å². The molecule has 1 N–H and O–H groups in total. The molecule has 1 aromatic carbocycles. The predicted octanol–water partition coefficient (Wildman–Crippen LogP) is 3.03. The first-order valence-corrected chi connectivity index (χ1v) is 5.52. The Balaban J connectivity index is 2.85. The van der Waals surface area contributed by atoms with Crippen LogP contribution in [0.25, 0.3) is 0 Å². The molecule has 2 atom stereocenters. The summed E-state index contributed by atoms with van der Waals surface area (Å²) in [4.78, 5) is 0. The van der Waals surface area contributed by atoms with Crippen LogP contribution in [0.3, 0.4) is 0 Å². The molecule has 1 unspecified atom stereocenters. The number of hydrogen-bond donors (Lipinski definition) is 1. The quantitative estimate of drug-likeness (QED) is 0.655. The summed E-state index contributed by atoms with van der Waals surface area (Å²) in [6.07, 6.45) is -0.340. The topological polar surface area (TPSA) is 29.5 Å². The minimum atomic E-state index is -1.61. The molecule has 0 aliphatic carbocycles. The predicted molar refractivity (Wildman–Crippen MR) is 57.2 cm³/mol. The van der Waals surface area contributed by atoms with Gasteiger partial charge in [-0.25, -0.2) is 8.78 Å². The van der Waals surface area contributed by atoms with E-state index in [1.807, 2.05) is 6.92 Å². The van der Waals surface area contributed by atoms with E-state index in [1.165, 1.54) is 0 Å². The van der Waals surface area contributed by atoms with E-state index in [-0.39, 0.29) is 12.0 Å². The fourth-order valence-electron chi connectivity index (χ4n) is 1.28. The summed E-state index contributed by atoms with van der Waals surface area (Å²) in [5.74, 6) is -7.59. The summed E-state index contributed by atoms with van der Waals surface area (Å²) in [5.41, 5.74) is 0. The van der Waals surface area contributed by atoms with Crippen molar-refractivity contribution in [2.24, 2.45) is 5.92 Å². The highest BCUT2D eigenvalue weighted by atomic mass is 19.2. The molecule has 6 heteroatoms. The molecule has 0 amide bonds. The highest BCUT2D eigenvalue weighted by Crippen LogP contribution is 2.26. The van der Waals surface area contributed by atoms with Crippen molar-refractivity contribution in [2.75, 3.05) is 6.61 Å². The highest BCUT2D eigenvalue weighted by molar-refractivity contribution is 5.28. The van der Waals surface area contributed by atoms with E-state index >= 15 is 0 Å². The molecule has 102 valence electrons. The van der Waals surface area contributed by atoms with E-state index in [1.54, 1.807) is 6.92 Å². The van der Waals surface area contributed by atoms with Gasteiger partial charge in [0.25, 0.3) is 0 Å². The van der Waals surface area contributed by atoms with E-state index in [0.717, 1.165) is 0 Å². The molecular formula is C12H14F4O2. The Hall–Kier alpha value is -1.30. The monoisotopic (exact) mass is 266 g/mol. The number of rotatable bonds is 5. The molecular weight excluding hydrogens is 252 g/mol. The second kappa shape index (κ2) is 6.04. The third-order valence-electron chi connectivity index (χ3n) is 2.77. The van der Waals surface area contributed by atoms with Gasteiger partial charge in [-0.05, 0) is 5.92 Å². The fourth-order valence-corrected chi connectivity index (χ4v) is 1.28. The van der Waals surface area contributed by atoms with Gasteiger partial charge in [-0.3, -0.25) is 0 Å². The van der Waals surface area contributed by atoms with Gasteiger partial charge >= 0.3 is 0 Å². The molecule has 0 aliphatic rings. The van der Waals surface area contributed by atoms with Crippen LogP contribution >= 0.6 is 0 Å². The maximum absolute atomic E-state index is 13.2. The van der Waals surface area contributed by atoms with Crippen LogP contribution in [-0.4, -0.2) is 17.8 Å². The van der Waals surface area contributed by atoms with Crippen LogP contribution < -0.4 is 4.74 Å². The lowest BCUT2D eigenvalue weighted by atomic mass is 10.0. The Kier molecular flexibility index (Phi) is 4.95. The third-order valence-corrected chi connectivity index (χ3v) is 2.77. The maximum atomic E-state index is 13.2. The van der Waals surface area contributed by atoms with Gasteiger partial charge in [-0.1, -0.05) is 20.3 Å². The van der Waals surface area contributed by atoms with E-state index in [4.69, 9.17) is 0 Å². The second-order valence-corrected chi connectivity index (χ2v) is 4.06. The summed E-state index contributed by atoms with van der Waals surface area (Å²) in [6, 6.07) is 0.0998. The first-order chi connectivity index (χ1) is 8.38. The van der Waals surface area contributed by atoms with Crippen LogP contribution in [0.2, 0.25) is 0 Å². The van der Waals surface area contributed by atoms with Crippen LogP contribution in [0.15, 0.2) is 6.07 Å². The van der Waals surface area contributed by atoms with Crippen molar-refractivity contribution in [3.8, 4) is 5.75 Å². The minimum Gasteiger partial charge on any atom is -0.485 e. The fraction of sp³-hybridized carbons (Fsp3) is 0.500. The molecule has 18 heavy (non-hydrogen) atoms. The van der Waals surface area contributed by atoms with Crippen molar-refractivity contribution in [1.29, 1.82) is 0 Å². The molecule has 0 bridgehead atoms. The summed E-state index contributed by atoms with van der Waals surface area (Å²) in [6.45, 7) is 3.09. The average Bonchev–Trinajstić information content (AvgIpc) is 2.35.